The zero-order chi connectivity index (χ0) is 15.4. The van der Waals surface area contributed by atoms with Crippen molar-refractivity contribution in [2.24, 2.45) is 0 Å². The van der Waals surface area contributed by atoms with Gasteiger partial charge in [-0.2, -0.15) is 0 Å². The first-order valence-electron chi connectivity index (χ1n) is 5.69. The molecule has 0 radical (unpaired) electrons. The van der Waals surface area contributed by atoms with Crippen LogP contribution in [0, 0.1) is 20.2 Å². The minimum atomic E-state index is -0.909. The van der Waals surface area contributed by atoms with Crippen molar-refractivity contribution in [3.05, 3.63) is 74.3 Å². The fourth-order valence-electron chi connectivity index (χ4n) is 1.60. The highest BCUT2D eigenvalue weighted by atomic mass is 16.6. The molecule has 0 fully saturated rings. The number of nitro benzene ring substituents is 2. The molecule has 8 nitrogen and oxygen atoms in total. The zero-order valence-corrected chi connectivity index (χ0v) is 10.5. The molecule has 0 spiro atoms. The number of carbonyl (C=O) groups excluding carboxylic acids is 1. The van der Waals surface area contributed by atoms with Gasteiger partial charge in [-0.3, -0.25) is 20.2 Å². The van der Waals surface area contributed by atoms with E-state index < -0.39 is 15.8 Å². The molecule has 0 unspecified atom stereocenters. The Kier molecular flexibility index (Phi) is 3.89. The molecule has 2 rings (SSSR count). The second kappa shape index (κ2) is 5.78. The molecule has 0 atom stereocenters. The minimum absolute atomic E-state index is 0.0673. The Bertz CT molecular complexity index is 728. The molecule has 0 saturated heterocycles. The average molecular weight is 288 g/mol. The van der Waals surface area contributed by atoms with Gasteiger partial charge in [-0.15, -0.1) is 0 Å². The van der Waals surface area contributed by atoms with E-state index in [2.05, 4.69) is 0 Å². The Hall–Kier alpha value is -3.29. The summed E-state index contributed by atoms with van der Waals surface area (Å²) in [6, 6.07) is 10.3. The summed E-state index contributed by atoms with van der Waals surface area (Å²) in [6.07, 6.45) is 0. The number of rotatable bonds is 4. The summed E-state index contributed by atoms with van der Waals surface area (Å²) in [5, 5.41) is 21.4. The maximum Gasteiger partial charge on any atom is 0.344 e. The van der Waals surface area contributed by atoms with Crippen LogP contribution in [0.1, 0.15) is 10.4 Å². The van der Waals surface area contributed by atoms with E-state index in [0.717, 1.165) is 6.07 Å². The van der Waals surface area contributed by atoms with Crippen molar-refractivity contribution in [2.45, 2.75) is 0 Å². The molecule has 0 heterocycles. The van der Waals surface area contributed by atoms with Crippen LogP contribution < -0.4 is 4.74 Å². The quantitative estimate of drug-likeness (QED) is 0.370. The third-order valence-electron chi connectivity index (χ3n) is 2.56. The number of para-hydroxylation sites is 2. The largest absolute Gasteiger partial charge is 0.416 e. The summed E-state index contributed by atoms with van der Waals surface area (Å²) < 4.78 is 4.92. The summed E-state index contributed by atoms with van der Waals surface area (Å²) in [5.74, 6) is -1.13. The van der Waals surface area contributed by atoms with Gasteiger partial charge < -0.3 is 4.74 Å². The predicted molar refractivity (Wildman–Crippen MR) is 71.2 cm³/mol. The van der Waals surface area contributed by atoms with Gasteiger partial charge in [0.2, 0.25) is 5.75 Å². The number of nitrogens with zero attached hydrogens (tertiary/aromatic N) is 2. The van der Waals surface area contributed by atoms with E-state index in [0.29, 0.717) is 0 Å². The molecular formula is C13H8N2O6. The van der Waals surface area contributed by atoms with Gasteiger partial charge in [0.1, 0.15) is 0 Å². The Morgan fingerprint density at radius 3 is 2.33 bits per heavy atom. The van der Waals surface area contributed by atoms with E-state index in [4.69, 9.17) is 4.74 Å². The topological polar surface area (TPSA) is 113 Å². The van der Waals surface area contributed by atoms with E-state index >= 15 is 0 Å². The Labute approximate surface area is 117 Å². The summed E-state index contributed by atoms with van der Waals surface area (Å²) in [6.45, 7) is 0. The van der Waals surface area contributed by atoms with Gasteiger partial charge in [-0.1, -0.05) is 18.2 Å². The van der Waals surface area contributed by atoms with E-state index in [-0.39, 0.29) is 22.7 Å². The fraction of sp³-hybridized carbons (Fsp3) is 0. The van der Waals surface area contributed by atoms with Crippen LogP contribution >= 0.6 is 0 Å². The lowest BCUT2D eigenvalue weighted by molar-refractivity contribution is -0.385. The van der Waals surface area contributed by atoms with Crippen molar-refractivity contribution in [3.8, 4) is 5.75 Å². The van der Waals surface area contributed by atoms with Gasteiger partial charge in [0.15, 0.2) is 0 Å². The lowest BCUT2D eigenvalue weighted by atomic mass is 10.2. The minimum Gasteiger partial charge on any atom is -0.416 e. The predicted octanol–water partition coefficient (Wildman–Crippen LogP) is 2.72. The zero-order valence-electron chi connectivity index (χ0n) is 10.5. The molecule has 0 amide bonds. The number of carbonyl (C=O) groups is 1. The highest BCUT2D eigenvalue weighted by Gasteiger charge is 2.19. The van der Waals surface area contributed by atoms with Crippen LogP contribution in [0.4, 0.5) is 11.4 Å². The van der Waals surface area contributed by atoms with E-state index in [1.165, 1.54) is 42.5 Å². The van der Waals surface area contributed by atoms with Gasteiger partial charge >= 0.3 is 11.7 Å². The highest BCUT2D eigenvalue weighted by Crippen LogP contribution is 2.27. The monoisotopic (exact) mass is 288 g/mol. The second-order valence-corrected chi connectivity index (χ2v) is 3.92. The number of ether oxygens (including phenoxy) is 1. The fourth-order valence-corrected chi connectivity index (χ4v) is 1.60. The number of esters is 1. The molecule has 0 N–H and O–H groups in total. The van der Waals surface area contributed by atoms with Gasteiger partial charge in [0.25, 0.3) is 5.69 Å². The molecule has 21 heavy (non-hydrogen) atoms. The van der Waals surface area contributed by atoms with Crippen LogP contribution in [0.15, 0.2) is 48.5 Å². The number of nitro groups is 2. The lowest BCUT2D eigenvalue weighted by Gasteiger charge is -2.04. The smallest absolute Gasteiger partial charge is 0.344 e. The molecule has 0 saturated carbocycles. The standard InChI is InChI=1S/C13H8N2O6/c16-13(9-4-3-5-10(8-9)14(17)18)21-12-7-2-1-6-11(12)15(19)20/h1-8H. The highest BCUT2D eigenvalue weighted by molar-refractivity contribution is 5.92. The third-order valence-corrected chi connectivity index (χ3v) is 2.56. The van der Waals surface area contributed by atoms with E-state index in [1.807, 2.05) is 0 Å². The first kappa shape index (κ1) is 14.1. The van der Waals surface area contributed by atoms with Crippen molar-refractivity contribution < 1.29 is 19.4 Å². The van der Waals surface area contributed by atoms with Crippen LogP contribution in [0.3, 0.4) is 0 Å². The van der Waals surface area contributed by atoms with Crippen molar-refractivity contribution >= 4 is 17.3 Å². The molecule has 106 valence electrons. The first-order chi connectivity index (χ1) is 9.99. The van der Waals surface area contributed by atoms with Crippen LogP contribution in [0.5, 0.6) is 5.75 Å². The van der Waals surface area contributed by atoms with Gasteiger partial charge in [-0.25, -0.2) is 4.79 Å². The Balaban J connectivity index is 2.28. The summed E-state index contributed by atoms with van der Waals surface area (Å²) in [5.41, 5.74) is -0.703. The molecule has 0 aromatic heterocycles. The lowest BCUT2D eigenvalue weighted by Crippen LogP contribution is -2.10. The van der Waals surface area contributed by atoms with Crippen molar-refractivity contribution in [2.75, 3.05) is 0 Å². The van der Waals surface area contributed by atoms with E-state index in [9.17, 15) is 25.0 Å². The molecule has 0 aliphatic carbocycles. The second-order valence-electron chi connectivity index (χ2n) is 3.92. The molecular weight excluding hydrogens is 280 g/mol. The summed E-state index contributed by atoms with van der Waals surface area (Å²) in [7, 11) is 0. The van der Waals surface area contributed by atoms with Crippen molar-refractivity contribution in [1.82, 2.24) is 0 Å². The number of hydrogen-bond acceptors (Lipinski definition) is 6. The van der Waals surface area contributed by atoms with Gasteiger partial charge in [0.05, 0.1) is 15.4 Å². The molecule has 0 bridgehead atoms. The number of hydrogen-bond donors (Lipinski definition) is 0. The average Bonchev–Trinajstić information content (AvgIpc) is 2.47. The summed E-state index contributed by atoms with van der Waals surface area (Å²) >= 11 is 0. The maximum atomic E-state index is 11.9. The van der Waals surface area contributed by atoms with Gasteiger partial charge in [-0.05, 0) is 12.1 Å². The Morgan fingerprint density at radius 2 is 1.67 bits per heavy atom. The van der Waals surface area contributed by atoms with Crippen LogP contribution in [-0.4, -0.2) is 15.8 Å². The number of non-ortho nitro benzene ring substituents is 1. The van der Waals surface area contributed by atoms with Gasteiger partial charge in [0, 0.05) is 18.2 Å². The first-order valence-corrected chi connectivity index (χ1v) is 5.69. The normalized spacial score (nSPS) is 9.90. The van der Waals surface area contributed by atoms with Crippen LogP contribution in [0.2, 0.25) is 0 Å². The van der Waals surface area contributed by atoms with Crippen molar-refractivity contribution in [1.29, 1.82) is 0 Å². The number of benzene rings is 2. The summed E-state index contributed by atoms with van der Waals surface area (Å²) in [4.78, 5) is 32.0. The molecule has 2 aromatic rings. The Morgan fingerprint density at radius 1 is 0.952 bits per heavy atom. The van der Waals surface area contributed by atoms with Crippen LogP contribution in [0.25, 0.3) is 0 Å². The molecule has 2 aromatic carbocycles. The van der Waals surface area contributed by atoms with Crippen molar-refractivity contribution in [3.63, 3.8) is 0 Å². The molecule has 0 aliphatic heterocycles. The maximum absolute atomic E-state index is 11.9. The molecule has 0 aliphatic rings. The van der Waals surface area contributed by atoms with E-state index in [1.54, 1.807) is 0 Å². The SMILES string of the molecule is O=C(Oc1ccccc1[N+](=O)[O-])c1cccc([N+](=O)[O-])c1. The van der Waals surface area contributed by atoms with Crippen LogP contribution in [-0.2, 0) is 0 Å². The third kappa shape index (κ3) is 3.18. The molecule has 8 heteroatoms.